The van der Waals surface area contributed by atoms with Gasteiger partial charge < -0.3 is 43.6 Å². The van der Waals surface area contributed by atoms with Gasteiger partial charge in [0.05, 0.1) is 6.04 Å². The number of hydrogen-bond donors (Lipinski definition) is 7. The molecule has 14 heteroatoms. The lowest BCUT2D eigenvalue weighted by Crippen LogP contribution is -2.57. The second-order valence-electron chi connectivity index (χ2n) is 8.87. The Kier molecular flexibility index (Phi) is 11.9. The van der Waals surface area contributed by atoms with Gasteiger partial charge in [-0.15, -0.1) is 0 Å². The van der Waals surface area contributed by atoms with Crippen LogP contribution in [0, 0.1) is 5.92 Å². The first-order valence-electron chi connectivity index (χ1n) is 11.6. The number of aliphatic carboxylic acids is 1. The molecule has 1 aliphatic heterocycles. The fourth-order valence-electron chi connectivity index (χ4n) is 3.65. The molecular weight excluding hydrogens is 460 g/mol. The lowest BCUT2D eigenvalue weighted by atomic mass is 10.0. The number of carboxylic acid groups (broad SMARTS) is 1. The predicted octanol–water partition coefficient (Wildman–Crippen LogP) is -2.67. The van der Waals surface area contributed by atoms with Gasteiger partial charge in [0.2, 0.25) is 23.6 Å². The number of guanidine groups is 1. The number of carboxylic acids is 1. The summed E-state index contributed by atoms with van der Waals surface area (Å²) in [5.41, 5.74) is 21.7. The fraction of sp³-hybridized carbons (Fsp3) is 0.714. The Balaban J connectivity index is 3.07. The summed E-state index contributed by atoms with van der Waals surface area (Å²) in [6.07, 6.45) is 0.963. The molecule has 4 amide bonds. The van der Waals surface area contributed by atoms with Crippen molar-refractivity contribution >= 4 is 35.6 Å². The molecule has 0 aromatic heterocycles. The second-order valence-corrected chi connectivity index (χ2v) is 8.87. The Hall–Kier alpha value is -3.42. The number of nitrogens with zero attached hydrogens (tertiary/aromatic N) is 2. The van der Waals surface area contributed by atoms with Crippen LogP contribution in [0.15, 0.2) is 4.99 Å². The first-order chi connectivity index (χ1) is 16.3. The minimum Gasteiger partial charge on any atom is -0.480 e. The Labute approximate surface area is 204 Å². The molecule has 11 N–H and O–H groups in total. The van der Waals surface area contributed by atoms with Crippen LogP contribution < -0.4 is 33.6 Å². The maximum atomic E-state index is 13.2. The highest BCUT2D eigenvalue weighted by atomic mass is 16.4. The molecule has 0 aromatic carbocycles. The zero-order valence-corrected chi connectivity index (χ0v) is 20.2. The zero-order valence-electron chi connectivity index (χ0n) is 20.2. The van der Waals surface area contributed by atoms with Crippen LogP contribution in [-0.2, 0) is 24.0 Å². The van der Waals surface area contributed by atoms with Crippen molar-refractivity contribution in [1.29, 1.82) is 0 Å². The summed E-state index contributed by atoms with van der Waals surface area (Å²) < 4.78 is 0. The number of hydrogen-bond acceptors (Lipinski definition) is 7. The molecule has 198 valence electrons. The van der Waals surface area contributed by atoms with Crippen LogP contribution in [0.25, 0.3) is 0 Å². The maximum Gasteiger partial charge on any atom is 0.326 e. The zero-order chi connectivity index (χ0) is 26.7. The van der Waals surface area contributed by atoms with E-state index in [9.17, 15) is 29.1 Å². The topological polar surface area (TPSA) is 249 Å². The molecule has 1 heterocycles. The summed E-state index contributed by atoms with van der Waals surface area (Å²) in [5.74, 6) is -4.01. The number of amides is 4. The maximum absolute atomic E-state index is 13.2. The molecule has 1 aliphatic rings. The molecule has 0 saturated carbocycles. The van der Waals surface area contributed by atoms with Gasteiger partial charge in [-0.1, -0.05) is 13.8 Å². The number of nitrogens with one attached hydrogen (secondary N) is 2. The summed E-state index contributed by atoms with van der Waals surface area (Å²) in [6.45, 7) is 3.91. The summed E-state index contributed by atoms with van der Waals surface area (Å²) in [7, 11) is 0. The van der Waals surface area contributed by atoms with Crippen LogP contribution in [0.5, 0.6) is 0 Å². The highest BCUT2D eigenvalue weighted by Gasteiger charge is 2.38. The molecule has 1 rings (SSSR count). The highest BCUT2D eigenvalue weighted by molar-refractivity contribution is 5.94. The van der Waals surface area contributed by atoms with Crippen molar-refractivity contribution in [2.24, 2.45) is 33.8 Å². The molecule has 0 spiro atoms. The van der Waals surface area contributed by atoms with Gasteiger partial charge in [0.25, 0.3) is 0 Å². The summed E-state index contributed by atoms with van der Waals surface area (Å²) in [6, 6.07) is -4.16. The third-order valence-electron chi connectivity index (χ3n) is 5.71. The van der Waals surface area contributed by atoms with E-state index in [0.717, 1.165) is 0 Å². The smallest absolute Gasteiger partial charge is 0.326 e. The van der Waals surface area contributed by atoms with E-state index < -0.39 is 53.8 Å². The van der Waals surface area contributed by atoms with Crippen LogP contribution in [-0.4, -0.2) is 82.8 Å². The van der Waals surface area contributed by atoms with E-state index in [4.69, 9.17) is 22.9 Å². The van der Waals surface area contributed by atoms with E-state index >= 15 is 0 Å². The van der Waals surface area contributed by atoms with Crippen molar-refractivity contribution in [3.8, 4) is 0 Å². The van der Waals surface area contributed by atoms with E-state index in [1.54, 1.807) is 13.8 Å². The van der Waals surface area contributed by atoms with Gasteiger partial charge >= 0.3 is 5.97 Å². The average Bonchev–Trinajstić information content (AvgIpc) is 3.27. The molecule has 0 aliphatic carbocycles. The Morgan fingerprint density at radius 3 is 2.20 bits per heavy atom. The van der Waals surface area contributed by atoms with Gasteiger partial charge in [-0.2, -0.15) is 0 Å². The number of primary amides is 1. The van der Waals surface area contributed by atoms with Gasteiger partial charge in [-0.25, -0.2) is 4.79 Å². The lowest BCUT2D eigenvalue weighted by molar-refractivity contribution is -0.149. The molecule has 0 radical (unpaired) electrons. The molecule has 0 aromatic rings. The average molecular weight is 499 g/mol. The van der Waals surface area contributed by atoms with Crippen LogP contribution in [0.2, 0.25) is 0 Å². The number of carbonyl (C=O) groups excluding carboxylic acids is 4. The third-order valence-corrected chi connectivity index (χ3v) is 5.71. The molecule has 1 saturated heterocycles. The minimum atomic E-state index is -1.18. The molecule has 14 nitrogen and oxygen atoms in total. The van der Waals surface area contributed by atoms with Gasteiger partial charge in [-0.05, 0) is 38.0 Å². The number of aliphatic imine (C=N–C) groups is 1. The van der Waals surface area contributed by atoms with Crippen LogP contribution in [0.3, 0.4) is 0 Å². The largest absolute Gasteiger partial charge is 0.480 e. The molecular formula is C21H38N8O6. The number of likely N-dealkylation sites (tertiary alicyclic amines) is 1. The highest BCUT2D eigenvalue weighted by Crippen LogP contribution is 2.20. The number of rotatable bonds is 14. The van der Waals surface area contributed by atoms with Crippen LogP contribution in [0.4, 0.5) is 0 Å². The van der Waals surface area contributed by atoms with Crippen LogP contribution in [0.1, 0.15) is 52.4 Å². The van der Waals surface area contributed by atoms with Gasteiger partial charge in [0.1, 0.15) is 18.1 Å². The first kappa shape index (κ1) is 29.6. The van der Waals surface area contributed by atoms with E-state index in [1.165, 1.54) is 4.90 Å². The van der Waals surface area contributed by atoms with E-state index in [0.29, 0.717) is 19.3 Å². The van der Waals surface area contributed by atoms with E-state index in [2.05, 4.69) is 15.6 Å². The standard InChI is InChI=1S/C21H38N8O6/c1-11(2)16(23)18(32)27-12(7-8-15(22)30)17(31)28-13(5-3-9-26-21(24)25)19(33)29-10-4-6-14(29)20(34)35/h11-14,16H,3-10,23H2,1-2H3,(H2,22,30)(H,27,32)(H,28,31)(H,34,35)(H4,24,25,26). The van der Waals surface area contributed by atoms with Crippen molar-refractivity contribution < 1.29 is 29.1 Å². The minimum absolute atomic E-state index is 0.103. The van der Waals surface area contributed by atoms with Crippen molar-refractivity contribution in [2.45, 2.75) is 76.5 Å². The number of nitrogens with two attached hydrogens (primary N) is 4. The monoisotopic (exact) mass is 498 g/mol. The fourth-order valence-corrected chi connectivity index (χ4v) is 3.65. The quantitative estimate of drug-likeness (QED) is 0.0748. The predicted molar refractivity (Wildman–Crippen MR) is 127 cm³/mol. The van der Waals surface area contributed by atoms with Crippen molar-refractivity contribution in [1.82, 2.24) is 15.5 Å². The van der Waals surface area contributed by atoms with Crippen molar-refractivity contribution in [2.75, 3.05) is 13.1 Å². The molecule has 4 atom stereocenters. The third kappa shape index (κ3) is 9.76. The van der Waals surface area contributed by atoms with Crippen molar-refractivity contribution in [3.63, 3.8) is 0 Å². The normalized spacial score (nSPS) is 17.8. The molecule has 35 heavy (non-hydrogen) atoms. The molecule has 0 bridgehead atoms. The van der Waals surface area contributed by atoms with E-state index in [-0.39, 0.29) is 44.2 Å². The summed E-state index contributed by atoms with van der Waals surface area (Å²) >= 11 is 0. The molecule has 1 fully saturated rings. The number of carbonyl (C=O) groups is 5. The summed E-state index contributed by atoms with van der Waals surface area (Å²) in [4.78, 5) is 66.7. The van der Waals surface area contributed by atoms with Crippen LogP contribution >= 0.6 is 0 Å². The second kappa shape index (κ2) is 14.1. The van der Waals surface area contributed by atoms with Gasteiger partial charge in [0, 0.05) is 19.5 Å². The Morgan fingerprint density at radius 2 is 1.66 bits per heavy atom. The Morgan fingerprint density at radius 1 is 1.03 bits per heavy atom. The SMILES string of the molecule is CC(C)C(N)C(=O)NC(CCC(N)=O)C(=O)NC(CCCN=C(N)N)C(=O)N1CCCC1C(=O)O. The first-order valence-corrected chi connectivity index (χ1v) is 11.6. The lowest BCUT2D eigenvalue weighted by Gasteiger charge is -2.29. The summed E-state index contributed by atoms with van der Waals surface area (Å²) in [5, 5.41) is 14.6. The van der Waals surface area contributed by atoms with Crippen molar-refractivity contribution in [3.05, 3.63) is 0 Å². The van der Waals surface area contributed by atoms with E-state index in [1.807, 2.05) is 0 Å². The van der Waals surface area contributed by atoms with Gasteiger partial charge in [0.15, 0.2) is 5.96 Å². The molecule has 4 unspecified atom stereocenters. The van der Waals surface area contributed by atoms with Gasteiger partial charge in [-0.3, -0.25) is 24.2 Å². The Bertz CT molecular complexity index is 814.